The van der Waals surface area contributed by atoms with Crippen LogP contribution in [0.1, 0.15) is 11.1 Å². The number of nitrogens with zero attached hydrogens (tertiary/aromatic N) is 2. The molecule has 0 aromatic heterocycles. The number of benzene rings is 3. The van der Waals surface area contributed by atoms with Gasteiger partial charge < -0.3 is 14.8 Å². The molecule has 0 aliphatic rings. The molecule has 3 rings (SSSR count). The number of halogens is 4. The van der Waals surface area contributed by atoms with Crippen molar-refractivity contribution in [2.45, 2.75) is 0 Å². The monoisotopic (exact) mass is 507 g/mol. The fourth-order valence-electron chi connectivity index (χ4n) is 2.59. The Morgan fingerprint density at radius 2 is 1.66 bits per heavy atom. The molecule has 0 unspecified atom stereocenters. The first-order valence-electron chi connectivity index (χ1n) is 8.87. The van der Waals surface area contributed by atoms with Gasteiger partial charge in [-0.3, -0.25) is 0 Å². The molecule has 162 valence electrons. The van der Waals surface area contributed by atoms with E-state index in [1.807, 2.05) is 6.07 Å². The SMILES string of the molecule is COC(=NC(=O)Nc1cc(Cl)c(Oc2ccc(C#N)c(Cl)c2)c(Cl)c1)c1ccccc1Cl. The number of methoxy groups -OCH3 is 1. The molecule has 0 heterocycles. The Bertz CT molecular complexity index is 1230. The summed E-state index contributed by atoms with van der Waals surface area (Å²) in [5, 5.41) is 12.4. The van der Waals surface area contributed by atoms with Gasteiger partial charge in [0.05, 0.1) is 38.3 Å². The van der Waals surface area contributed by atoms with Crippen molar-refractivity contribution in [1.29, 1.82) is 5.26 Å². The molecule has 2 amide bonds. The van der Waals surface area contributed by atoms with Gasteiger partial charge in [0.25, 0.3) is 0 Å². The maximum atomic E-state index is 12.4. The molecule has 0 saturated carbocycles. The van der Waals surface area contributed by atoms with Crippen LogP contribution in [0.5, 0.6) is 11.5 Å². The van der Waals surface area contributed by atoms with Crippen LogP contribution < -0.4 is 10.1 Å². The zero-order valence-electron chi connectivity index (χ0n) is 16.3. The van der Waals surface area contributed by atoms with Gasteiger partial charge >= 0.3 is 6.03 Å². The molecule has 0 bridgehead atoms. The molecule has 6 nitrogen and oxygen atoms in total. The molecule has 0 fully saturated rings. The number of urea groups is 1. The van der Waals surface area contributed by atoms with E-state index in [9.17, 15) is 4.79 Å². The molecule has 0 aliphatic heterocycles. The Balaban J connectivity index is 1.80. The lowest BCUT2D eigenvalue weighted by Crippen LogP contribution is -2.13. The number of carbonyl (C=O) groups excluding carboxylic acids is 1. The highest BCUT2D eigenvalue weighted by atomic mass is 35.5. The van der Waals surface area contributed by atoms with E-state index in [1.54, 1.807) is 30.3 Å². The third-order valence-corrected chi connectivity index (χ3v) is 5.23. The van der Waals surface area contributed by atoms with Gasteiger partial charge in [0.2, 0.25) is 5.90 Å². The van der Waals surface area contributed by atoms with Crippen molar-refractivity contribution in [3.63, 3.8) is 0 Å². The minimum absolute atomic E-state index is 0.0444. The molecular formula is C22H13Cl4N3O3. The van der Waals surface area contributed by atoms with Gasteiger partial charge in [0.1, 0.15) is 11.8 Å². The number of rotatable bonds is 4. The summed E-state index contributed by atoms with van der Waals surface area (Å²) in [5.74, 6) is 0.538. The van der Waals surface area contributed by atoms with Crippen molar-refractivity contribution in [1.82, 2.24) is 0 Å². The summed E-state index contributed by atoms with van der Waals surface area (Å²) < 4.78 is 10.9. The molecule has 3 aromatic carbocycles. The number of nitrogens with one attached hydrogen (secondary N) is 1. The molecule has 0 aliphatic carbocycles. The zero-order chi connectivity index (χ0) is 23.3. The van der Waals surface area contributed by atoms with Gasteiger partial charge in [-0.05, 0) is 36.4 Å². The Labute approximate surface area is 203 Å². The molecule has 0 saturated heterocycles. The second kappa shape index (κ2) is 10.6. The maximum absolute atomic E-state index is 12.4. The summed E-state index contributed by atoms with van der Waals surface area (Å²) in [5.41, 5.74) is 1.06. The Kier molecular flexibility index (Phi) is 7.84. The van der Waals surface area contributed by atoms with E-state index in [0.29, 0.717) is 21.9 Å². The Morgan fingerprint density at radius 3 is 2.25 bits per heavy atom. The summed E-state index contributed by atoms with van der Waals surface area (Å²) in [6, 6.07) is 15.5. The summed E-state index contributed by atoms with van der Waals surface area (Å²) in [7, 11) is 1.38. The lowest BCUT2D eigenvalue weighted by molar-refractivity contribution is 0.258. The third-order valence-electron chi connectivity index (χ3n) is 4.03. The van der Waals surface area contributed by atoms with Gasteiger partial charge in [0, 0.05) is 11.8 Å². The molecule has 0 radical (unpaired) electrons. The quantitative estimate of drug-likeness (QED) is 0.290. The minimum atomic E-state index is -0.721. The van der Waals surface area contributed by atoms with Crippen molar-refractivity contribution in [2.75, 3.05) is 12.4 Å². The van der Waals surface area contributed by atoms with Crippen LogP contribution in [0.25, 0.3) is 0 Å². The van der Waals surface area contributed by atoms with Crippen molar-refractivity contribution < 1.29 is 14.3 Å². The molecule has 32 heavy (non-hydrogen) atoms. The van der Waals surface area contributed by atoms with E-state index < -0.39 is 6.03 Å². The summed E-state index contributed by atoms with van der Waals surface area (Å²) in [6.45, 7) is 0. The average molecular weight is 509 g/mol. The first-order chi connectivity index (χ1) is 15.3. The predicted octanol–water partition coefficient (Wildman–Crippen LogP) is 7.59. The number of nitriles is 1. The minimum Gasteiger partial charge on any atom is -0.480 e. The van der Waals surface area contributed by atoms with E-state index in [2.05, 4.69) is 10.3 Å². The molecule has 10 heteroatoms. The number of hydrogen-bond donors (Lipinski definition) is 1. The lowest BCUT2D eigenvalue weighted by Gasteiger charge is -2.12. The molecule has 0 atom stereocenters. The predicted molar refractivity (Wildman–Crippen MR) is 127 cm³/mol. The Morgan fingerprint density at radius 1 is 0.969 bits per heavy atom. The fourth-order valence-corrected chi connectivity index (χ4v) is 3.59. The van der Waals surface area contributed by atoms with Crippen molar-refractivity contribution in [3.05, 3.63) is 85.8 Å². The molecular weight excluding hydrogens is 496 g/mol. The van der Waals surface area contributed by atoms with E-state index in [0.717, 1.165) is 0 Å². The highest BCUT2D eigenvalue weighted by molar-refractivity contribution is 6.38. The summed E-state index contributed by atoms with van der Waals surface area (Å²) >= 11 is 24.7. The van der Waals surface area contributed by atoms with E-state index in [-0.39, 0.29) is 32.4 Å². The Hall–Kier alpha value is -2.95. The second-order valence-electron chi connectivity index (χ2n) is 6.16. The smallest absolute Gasteiger partial charge is 0.348 e. The maximum Gasteiger partial charge on any atom is 0.348 e. The first-order valence-corrected chi connectivity index (χ1v) is 10.4. The van der Waals surface area contributed by atoms with Crippen LogP contribution >= 0.6 is 46.4 Å². The highest BCUT2D eigenvalue weighted by Crippen LogP contribution is 2.39. The number of anilines is 1. The number of carbonyl (C=O) groups is 1. The summed E-state index contributed by atoms with van der Waals surface area (Å²) in [4.78, 5) is 16.3. The molecule has 0 spiro atoms. The van der Waals surface area contributed by atoms with Crippen molar-refractivity contribution >= 4 is 64.0 Å². The van der Waals surface area contributed by atoms with Gasteiger partial charge in [-0.25, -0.2) is 4.79 Å². The largest absolute Gasteiger partial charge is 0.480 e. The lowest BCUT2D eigenvalue weighted by atomic mass is 10.2. The first kappa shape index (κ1) is 23.7. The van der Waals surface area contributed by atoms with Crippen molar-refractivity contribution in [3.8, 4) is 17.6 Å². The van der Waals surface area contributed by atoms with Crippen LogP contribution in [0.4, 0.5) is 10.5 Å². The van der Waals surface area contributed by atoms with E-state index in [4.69, 9.17) is 61.1 Å². The standard InChI is InChI=1S/C22H13Cl4N3O3/c1-31-21(15-4-2-3-5-16(15)23)29-22(30)28-13-8-18(25)20(19(26)9-13)32-14-7-6-12(11-27)17(24)10-14/h2-10H,1H3,(H,28,30). The van der Waals surface area contributed by atoms with E-state index in [1.165, 1.54) is 31.4 Å². The topological polar surface area (TPSA) is 83.7 Å². The van der Waals surface area contributed by atoms with Crippen LogP contribution in [0.15, 0.2) is 59.6 Å². The number of amides is 2. The number of ether oxygens (including phenoxy) is 2. The van der Waals surface area contributed by atoms with Gasteiger partial charge in [0.15, 0.2) is 5.75 Å². The van der Waals surface area contributed by atoms with Crippen LogP contribution in [0.2, 0.25) is 20.1 Å². The van der Waals surface area contributed by atoms with Gasteiger partial charge in [-0.2, -0.15) is 10.3 Å². The van der Waals surface area contributed by atoms with E-state index >= 15 is 0 Å². The van der Waals surface area contributed by atoms with Crippen LogP contribution in [-0.2, 0) is 4.74 Å². The number of aliphatic imine (C=N–C) groups is 1. The normalized spacial score (nSPS) is 10.9. The summed E-state index contributed by atoms with van der Waals surface area (Å²) in [6.07, 6.45) is 0. The highest BCUT2D eigenvalue weighted by Gasteiger charge is 2.15. The van der Waals surface area contributed by atoms with Gasteiger partial charge in [-0.15, -0.1) is 0 Å². The van der Waals surface area contributed by atoms with Crippen LogP contribution in [0.3, 0.4) is 0 Å². The third kappa shape index (κ3) is 5.64. The average Bonchev–Trinajstić information content (AvgIpc) is 2.75. The van der Waals surface area contributed by atoms with Crippen molar-refractivity contribution in [2.24, 2.45) is 4.99 Å². The second-order valence-corrected chi connectivity index (χ2v) is 7.78. The number of hydrogen-bond acceptors (Lipinski definition) is 4. The van der Waals surface area contributed by atoms with Gasteiger partial charge in [-0.1, -0.05) is 58.5 Å². The van der Waals surface area contributed by atoms with Crippen LogP contribution in [-0.4, -0.2) is 19.0 Å². The fraction of sp³-hybridized carbons (Fsp3) is 0.0455. The molecule has 3 aromatic rings. The molecule has 1 N–H and O–H groups in total. The van der Waals surface area contributed by atoms with Crippen LogP contribution in [0, 0.1) is 11.3 Å². The zero-order valence-corrected chi connectivity index (χ0v) is 19.4.